The molecule has 0 amide bonds. The number of allylic oxidation sites excluding steroid dienone is 3. The summed E-state index contributed by atoms with van der Waals surface area (Å²) in [6, 6.07) is 0. The van der Waals surface area contributed by atoms with Gasteiger partial charge in [-0.05, 0) is 66.6 Å². The topological polar surface area (TPSA) is 20.2 Å². The van der Waals surface area contributed by atoms with Gasteiger partial charge >= 0.3 is 0 Å². The Morgan fingerprint density at radius 2 is 1.90 bits per heavy atom. The molecule has 0 radical (unpaired) electrons. The zero-order valence-corrected chi connectivity index (χ0v) is 14.3. The van der Waals surface area contributed by atoms with Gasteiger partial charge in [0, 0.05) is 0 Å². The molecule has 0 aliphatic heterocycles. The first kappa shape index (κ1) is 15.3. The Kier molecular flexibility index (Phi) is 3.44. The smallest absolute Gasteiger partial charge is 0.0594 e. The molecule has 3 aliphatic rings. The van der Waals surface area contributed by atoms with Gasteiger partial charge < -0.3 is 5.11 Å². The van der Waals surface area contributed by atoms with Crippen molar-refractivity contribution in [3.05, 3.63) is 24.3 Å². The number of fused-ring (bicyclic) bond motifs is 3. The monoisotopic (exact) mass is 288 g/mol. The van der Waals surface area contributed by atoms with E-state index in [-0.39, 0.29) is 11.5 Å². The van der Waals surface area contributed by atoms with Crippen molar-refractivity contribution in [1.82, 2.24) is 0 Å². The van der Waals surface area contributed by atoms with E-state index in [1.165, 1.54) is 25.7 Å². The molecular weight excluding hydrogens is 256 g/mol. The van der Waals surface area contributed by atoms with Gasteiger partial charge in [0.15, 0.2) is 0 Å². The van der Waals surface area contributed by atoms with E-state index in [0.29, 0.717) is 16.7 Å². The lowest BCUT2D eigenvalue weighted by Gasteiger charge is -2.60. The summed E-state index contributed by atoms with van der Waals surface area (Å²) in [5.41, 5.74) is 2.42. The van der Waals surface area contributed by atoms with Crippen molar-refractivity contribution >= 4 is 0 Å². The van der Waals surface area contributed by atoms with Crippen molar-refractivity contribution < 1.29 is 5.11 Å². The van der Waals surface area contributed by atoms with Crippen LogP contribution in [0.2, 0.25) is 0 Å². The summed E-state index contributed by atoms with van der Waals surface area (Å²) in [4.78, 5) is 0. The van der Waals surface area contributed by atoms with Gasteiger partial charge in [0.2, 0.25) is 0 Å². The lowest BCUT2D eigenvalue weighted by Crippen LogP contribution is -2.55. The van der Waals surface area contributed by atoms with Crippen molar-refractivity contribution in [3.8, 4) is 0 Å². The van der Waals surface area contributed by atoms with E-state index >= 15 is 0 Å². The Labute approximate surface area is 130 Å². The fraction of sp³-hybridized carbons (Fsp3) is 0.800. The van der Waals surface area contributed by atoms with Crippen molar-refractivity contribution in [2.24, 2.45) is 28.1 Å². The maximum absolute atomic E-state index is 10.5. The standard InChI is InChI=1S/C20H32O/c1-6-19(4)11-9-15-14(13-19)7-8-16-18(2,3)17(21)10-12-20(15,16)5/h6-7,15-17,21H,1,8-13H2,2-5H3/t15-,16-,17-,19-,20+/m1/s1. The summed E-state index contributed by atoms with van der Waals surface area (Å²) in [6.07, 6.45) is 11.7. The molecule has 3 rings (SSSR count). The van der Waals surface area contributed by atoms with Gasteiger partial charge in [0.05, 0.1) is 6.10 Å². The molecule has 0 heterocycles. The van der Waals surface area contributed by atoms with Gasteiger partial charge in [-0.25, -0.2) is 0 Å². The van der Waals surface area contributed by atoms with E-state index in [1.807, 2.05) is 0 Å². The molecule has 1 N–H and O–H groups in total. The molecule has 0 spiro atoms. The van der Waals surface area contributed by atoms with E-state index in [0.717, 1.165) is 18.8 Å². The maximum Gasteiger partial charge on any atom is 0.0594 e. The van der Waals surface area contributed by atoms with Crippen LogP contribution in [0.1, 0.15) is 66.2 Å². The number of aliphatic hydroxyl groups excluding tert-OH is 1. The first-order chi connectivity index (χ1) is 9.73. The minimum atomic E-state index is -0.132. The Hall–Kier alpha value is -0.560. The van der Waals surface area contributed by atoms with Gasteiger partial charge in [-0.15, -0.1) is 6.58 Å². The van der Waals surface area contributed by atoms with Crippen LogP contribution in [0.5, 0.6) is 0 Å². The largest absolute Gasteiger partial charge is 0.393 e. The zero-order chi connectivity index (χ0) is 15.5. The van der Waals surface area contributed by atoms with Gasteiger partial charge in [-0.1, -0.05) is 45.4 Å². The summed E-state index contributed by atoms with van der Waals surface area (Å²) in [7, 11) is 0. The van der Waals surface area contributed by atoms with Crippen molar-refractivity contribution in [2.75, 3.05) is 0 Å². The van der Waals surface area contributed by atoms with Crippen molar-refractivity contribution in [1.29, 1.82) is 0 Å². The number of aliphatic hydroxyl groups is 1. The molecule has 0 aromatic carbocycles. The Morgan fingerprint density at radius 1 is 1.19 bits per heavy atom. The van der Waals surface area contributed by atoms with Crippen LogP contribution in [0.15, 0.2) is 24.3 Å². The summed E-state index contributed by atoms with van der Waals surface area (Å²) in [5, 5.41) is 10.5. The molecule has 5 atom stereocenters. The molecule has 1 heteroatoms. The van der Waals surface area contributed by atoms with Crippen LogP contribution in [-0.4, -0.2) is 11.2 Å². The van der Waals surface area contributed by atoms with Gasteiger partial charge in [0.25, 0.3) is 0 Å². The Balaban J connectivity index is 1.95. The van der Waals surface area contributed by atoms with Crippen LogP contribution in [0.4, 0.5) is 0 Å². The molecule has 2 fully saturated rings. The van der Waals surface area contributed by atoms with Gasteiger partial charge in [-0.2, -0.15) is 0 Å². The minimum Gasteiger partial charge on any atom is -0.393 e. The average molecular weight is 288 g/mol. The summed E-state index contributed by atoms with van der Waals surface area (Å²) in [5.74, 6) is 1.35. The second-order valence-corrected chi connectivity index (χ2v) is 9.08. The number of rotatable bonds is 1. The Bertz CT molecular complexity index is 474. The highest BCUT2D eigenvalue weighted by Crippen LogP contribution is 2.63. The number of hydrogen-bond acceptors (Lipinski definition) is 1. The molecule has 0 aromatic rings. The van der Waals surface area contributed by atoms with Gasteiger partial charge in [-0.3, -0.25) is 0 Å². The van der Waals surface area contributed by atoms with Crippen LogP contribution in [-0.2, 0) is 0 Å². The molecular formula is C20H32O. The van der Waals surface area contributed by atoms with Crippen LogP contribution in [0, 0.1) is 28.1 Å². The second kappa shape index (κ2) is 4.72. The average Bonchev–Trinajstić information content (AvgIpc) is 2.43. The molecule has 0 unspecified atom stereocenters. The third-order valence-corrected chi connectivity index (χ3v) is 7.47. The molecule has 0 saturated heterocycles. The first-order valence-corrected chi connectivity index (χ1v) is 8.73. The molecule has 118 valence electrons. The lowest BCUT2D eigenvalue weighted by atomic mass is 9.45. The number of hydrogen-bond donors (Lipinski definition) is 1. The highest BCUT2D eigenvalue weighted by Gasteiger charge is 2.56. The van der Waals surface area contributed by atoms with Gasteiger partial charge in [0.1, 0.15) is 0 Å². The minimum absolute atomic E-state index is 0.0498. The molecule has 1 nitrogen and oxygen atoms in total. The lowest BCUT2D eigenvalue weighted by molar-refractivity contribution is -0.120. The molecule has 0 bridgehead atoms. The van der Waals surface area contributed by atoms with E-state index in [1.54, 1.807) is 5.57 Å². The fourth-order valence-electron chi connectivity index (χ4n) is 5.81. The molecule has 0 aromatic heterocycles. The quantitative estimate of drug-likeness (QED) is 0.665. The summed E-state index contributed by atoms with van der Waals surface area (Å²) < 4.78 is 0. The van der Waals surface area contributed by atoms with E-state index in [2.05, 4.69) is 46.4 Å². The molecule has 21 heavy (non-hydrogen) atoms. The normalized spacial score (nSPS) is 48.8. The zero-order valence-electron chi connectivity index (χ0n) is 14.3. The SMILES string of the molecule is C=C[C@]1(C)CC[C@@H]2C(=CC[C@@H]3C(C)(C)[C@H](O)CC[C@@]23C)C1. The van der Waals surface area contributed by atoms with Crippen molar-refractivity contribution in [3.63, 3.8) is 0 Å². The second-order valence-electron chi connectivity index (χ2n) is 9.08. The molecule has 2 saturated carbocycles. The van der Waals surface area contributed by atoms with Crippen LogP contribution < -0.4 is 0 Å². The van der Waals surface area contributed by atoms with Crippen LogP contribution in [0.3, 0.4) is 0 Å². The van der Waals surface area contributed by atoms with Crippen molar-refractivity contribution in [2.45, 2.75) is 72.3 Å². The Morgan fingerprint density at radius 3 is 2.57 bits per heavy atom. The van der Waals surface area contributed by atoms with Crippen LogP contribution >= 0.6 is 0 Å². The highest BCUT2D eigenvalue weighted by atomic mass is 16.3. The first-order valence-electron chi connectivity index (χ1n) is 8.73. The highest BCUT2D eigenvalue weighted by molar-refractivity contribution is 5.25. The van der Waals surface area contributed by atoms with E-state index in [9.17, 15) is 5.11 Å². The third-order valence-electron chi connectivity index (χ3n) is 7.47. The fourth-order valence-corrected chi connectivity index (χ4v) is 5.81. The third kappa shape index (κ3) is 2.15. The van der Waals surface area contributed by atoms with E-state index < -0.39 is 0 Å². The molecule has 3 aliphatic carbocycles. The predicted molar refractivity (Wildman–Crippen MR) is 89.0 cm³/mol. The summed E-state index contributed by atoms with van der Waals surface area (Å²) >= 11 is 0. The predicted octanol–water partition coefficient (Wildman–Crippen LogP) is 5.11. The summed E-state index contributed by atoms with van der Waals surface area (Å²) in [6.45, 7) is 13.5. The van der Waals surface area contributed by atoms with E-state index in [4.69, 9.17) is 0 Å². The maximum atomic E-state index is 10.5. The van der Waals surface area contributed by atoms with Crippen LogP contribution in [0.25, 0.3) is 0 Å².